The summed E-state index contributed by atoms with van der Waals surface area (Å²) in [6, 6.07) is 16.0. The van der Waals surface area contributed by atoms with E-state index >= 15 is 0 Å². The van der Waals surface area contributed by atoms with E-state index in [1.165, 1.54) is 5.56 Å². The molecule has 4 nitrogen and oxygen atoms in total. The molecule has 0 radical (unpaired) electrons. The van der Waals surface area contributed by atoms with Gasteiger partial charge in [-0.25, -0.2) is 0 Å². The smallest absolute Gasteiger partial charge is 0.226 e. The van der Waals surface area contributed by atoms with Gasteiger partial charge >= 0.3 is 0 Å². The average molecular weight is 353 g/mol. The van der Waals surface area contributed by atoms with Gasteiger partial charge in [-0.2, -0.15) is 0 Å². The Balaban J connectivity index is 1.51. The van der Waals surface area contributed by atoms with Gasteiger partial charge in [-0.1, -0.05) is 42.0 Å². The molecule has 0 unspecified atom stereocenters. The van der Waals surface area contributed by atoms with Crippen molar-refractivity contribution in [1.29, 1.82) is 0 Å². The number of piperidine rings is 1. The van der Waals surface area contributed by atoms with Crippen molar-refractivity contribution in [3.05, 3.63) is 59.7 Å². The van der Waals surface area contributed by atoms with E-state index in [9.17, 15) is 4.79 Å². The number of hydrogen-bond acceptors (Lipinski definition) is 3. The van der Waals surface area contributed by atoms with Crippen molar-refractivity contribution in [2.24, 2.45) is 0 Å². The molecule has 2 aromatic rings. The molecule has 0 aromatic heterocycles. The fourth-order valence-electron chi connectivity index (χ4n) is 3.22. The lowest BCUT2D eigenvalue weighted by Gasteiger charge is -2.32. The monoisotopic (exact) mass is 353 g/mol. The average Bonchev–Trinajstić information content (AvgIpc) is 2.66. The number of aryl methyl sites for hydroxylation is 1. The maximum absolute atomic E-state index is 12.5. The number of ether oxygens (including phenoxy) is 2. The minimum Gasteiger partial charge on any atom is -0.490 e. The van der Waals surface area contributed by atoms with E-state index in [0.717, 1.165) is 43.0 Å². The first-order chi connectivity index (χ1) is 12.7. The van der Waals surface area contributed by atoms with Crippen molar-refractivity contribution in [2.45, 2.75) is 39.2 Å². The van der Waals surface area contributed by atoms with E-state index < -0.39 is 0 Å². The van der Waals surface area contributed by atoms with Crippen LogP contribution in [0.2, 0.25) is 0 Å². The van der Waals surface area contributed by atoms with Crippen LogP contribution in [0.1, 0.15) is 30.9 Å². The SMILES string of the molecule is CCOc1ccccc1OC1CCN(C(=O)Cc2ccc(C)cc2)CC1. The second kappa shape index (κ2) is 8.75. The first-order valence-corrected chi connectivity index (χ1v) is 9.37. The number of benzene rings is 2. The molecule has 1 aliphatic rings. The summed E-state index contributed by atoms with van der Waals surface area (Å²) in [6.07, 6.45) is 2.29. The number of rotatable bonds is 6. The Morgan fingerprint density at radius 3 is 2.35 bits per heavy atom. The molecule has 1 fully saturated rings. The number of hydrogen-bond donors (Lipinski definition) is 0. The summed E-state index contributed by atoms with van der Waals surface area (Å²) in [6.45, 7) is 6.12. The Kier molecular flexibility index (Phi) is 6.16. The summed E-state index contributed by atoms with van der Waals surface area (Å²) in [5.74, 6) is 1.77. The molecular weight excluding hydrogens is 326 g/mol. The van der Waals surface area contributed by atoms with E-state index in [1.807, 2.05) is 48.2 Å². The van der Waals surface area contributed by atoms with Crippen molar-refractivity contribution >= 4 is 5.91 Å². The van der Waals surface area contributed by atoms with Crippen LogP contribution in [0, 0.1) is 6.92 Å². The summed E-state index contributed by atoms with van der Waals surface area (Å²) in [4.78, 5) is 14.5. The maximum Gasteiger partial charge on any atom is 0.226 e. The highest BCUT2D eigenvalue weighted by Crippen LogP contribution is 2.29. The van der Waals surface area contributed by atoms with Crippen molar-refractivity contribution < 1.29 is 14.3 Å². The standard InChI is InChI=1S/C22H27NO3/c1-3-25-20-6-4-5-7-21(20)26-19-12-14-23(15-13-19)22(24)16-18-10-8-17(2)9-11-18/h4-11,19H,3,12-16H2,1-2H3. The molecule has 0 saturated carbocycles. The van der Waals surface area contributed by atoms with Crippen LogP contribution in [0.3, 0.4) is 0 Å². The maximum atomic E-state index is 12.5. The van der Waals surface area contributed by atoms with Crippen LogP contribution in [0.25, 0.3) is 0 Å². The van der Waals surface area contributed by atoms with Gasteiger partial charge in [-0.05, 0) is 31.5 Å². The van der Waals surface area contributed by atoms with Crippen LogP contribution in [0.4, 0.5) is 0 Å². The lowest BCUT2D eigenvalue weighted by Crippen LogP contribution is -2.42. The largest absolute Gasteiger partial charge is 0.490 e. The van der Waals surface area contributed by atoms with E-state index in [2.05, 4.69) is 19.1 Å². The van der Waals surface area contributed by atoms with Gasteiger partial charge in [-0.3, -0.25) is 4.79 Å². The summed E-state index contributed by atoms with van der Waals surface area (Å²) in [5, 5.41) is 0. The van der Waals surface area contributed by atoms with Crippen molar-refractivity contribution in [1.82, 2.24) is 4.90 Å². The third-order valence-corrected chi connectivity index (χ3v) is 4.71. The third-order valence-electron chi connectivity index (χ3n) is 4.71. The molecule has 1 amide bonds. The van der Waals surface area contributed by atoms with E-state index in [-0.39, 0.29) is 12.0 Å². The van der Waals surface area contributed by atoms with Crippen molar-refractivity contribution in [3.8, 4) is 11.5 Å². The molecule has 3 rings (SSSR count). The van der Waals surface area contributed by atoms with E-state index in [4.69, 9.17) is 9.47 Å². The second-order valence-electron chi connectivity index (χ2n) is 6.74. The first kappa shape index (κ1) is 18.3. The molecule has 0 aliphatic carbocycles. The van der Waals surface area contributed by atoms with Gasteiger partial charge in [-0.15, -0.1) is 0 Å². The predicted molar refractivity (Wildman–Crippen MR) is 103 cm³/mol. The molecule has 1 aliphatic heterocycles. The molecule has 0 bridgehead atoms. The topological polar surface area (TPSA) is 38.8 Å². The Morgan fingerprint density at radius 1 is 1.04 bits per heavy atom. The number of carbonyl (C=O) groups is 1. The zero-order valence-corrected chi connectivity index (χ0v) is 15.6. The lowest BCUT2D eigenvalue weighted by molar-refractivity contribution is -0.132. The molecule has 0 spiro atoms. The minimum atomic E-state index is 0.125. The number of carbonyl (C=O) groups excluding carboxylic acids is 1. The molecule has 0 atom stereocenters. The van der Waals surface area contributed by atoms with Gasteiger partial charge < -0.3 is 14.4 Å². The first-order valence-electron chi connectivity index (χ1n) is 9.37. The summed E-state index contributed by atoms with van der Waals surface area (Å²) >= 11 is 0. The van der Waals surface area contributed by atoms with Gasteiger partial charge in [0.2, 0.25) is 5.91 Å². The summed E-state index contributed by atoms with van der Waals surface area (Å²) < 4.78 is 11.8. The van der Waals surface area contributed by atoms with Crippen LogP contribution >= 0.6 is 0 Å². The summed E-state index contributed by atoms with van der Waals surface area (Å²) in [5.41, 5.74) is 2.29. The Hall–Kier alpha value is -2.49. The van der Waals surface area contributed by atoms with Gasteiger partial charge in [0.15, 0.2) is 11.5 Å². The zero-order valence-electron chi connectivity index (χ0n) is 15.6. The zero-order chi connectivity index (χ0) is 18.4. The van der Waals surface area contributed by atoms with E-state index in [1.54, 1.807) is 0 Å². The van der Waals surface area contributed by atoms with Crippen LogP contribution in [-0.4, -0.2) is 36.6 Å². The number of amides is 1. The molecule has 138 valence electrons. The molecule has 26 heavy (non-hydrogen) atoms. The van der Waals surface area contributed by atoms with Gasteiger partial charge in [0.25, 0.3) is 0 Å². The van der Waals surface area contributed by atoms with E-state index in [0.29, 0.717) is 13.0 Å². The molecule has 4 heteroatoms. The van der Waals surface area contributed by atoms with Crippen LogP contribution < -0.4 is 9.47 Å². The quantitative estimate of drug-likeness (QED) is 0.788. The number of para-hydroxylation sites is 2. The van der Waals surface area contributed by atoms with Gasteiger partial charge in [0.05, 0.1) is 13.0 Å². The Bertz CT molecular complexity index is 718. The second-order valence-corrected chi connectivity index (χ2v) is 6.74. The molecule has 0 N–H and O–H groups in total. The fraction of sp³-hybridized carbons (Fsp3) is 0.409. The molecule has 1 saturated heterocycles. The number of nitrogens with zero attached hydrogens (tertiary/aromatic N) is 1. The predicted octanol–water partition coefficient (Wildman–Crippen LogP) is 4.01. The normalized spacial score (nSPS) is 14.9. The van der Waals surface area contributed by atoms with Gasteiger partial charge in [0, 0.05) is 25.9 Å². The third kappa shape index (κ3) is 4.78. The number of likely N-dealkylation sites (tertiary alicyclic amines) is 1. The van der Waals surface area contributed by atoms with Gasteiger partial charge in [0.1, 0.15) is 6.10 Å². The lowest BCUT2D eigenvalue weighted by atomic mass is 10.1. The van der Waals surface area contributed by atoms with Crippen LogP contribution in [0.15, 0.2) is 48.5 Å². The fourth-order valence-corrected chi connectivity index (χ4v) is 3.22. The van der Waals surface area contributed by atoms with Crippen LogP contribution in [-0.2, 0) is 11.2 Å². The highest BCUT2D eigenvalue weighted by atomic mass is 16.5. The molecule has 2 aromatic carbocycles. The highest BCUT2D eigenvalue weighted by Gasteiger charge is 2.24. The molecule has 1 heterocycles. The Morgan fingerprint density at radius 2 is 1.69 bits per heavy atom. The summed E-state index contributed by atoms with van der Waals surface area (Å²) in [7, 11) is 0. The minimum absolute atomic E-state index is 0.125. The van der Waals surface area contributed by atoms with Crippen LogP contribution in [0.5, 0.6) is 11.5 Å². The van der Waals surface area contributed by atoms with Crippen molar-refractivity contribution in [2.75, 3.05) is 19.7 Å². The Labute approximate surface area is 155 Å². The van der Waals surface area contributed by atoms with Crippen molar-refractivity contribution in [3.63, 3.8) is 0 Å². The molecular formula is C22H27NO3. The highest BCUT2D eigenvalue weighted by molar-refractivity contribution is 5.78.